The van der Waals surface area contributed by atoms with E-state index < -0.39 is 0 Å². The first-order chi connectivity index (χ1) is 12.0. The third-order valence-corrected chi connectivity index (χ3v) is 4.34. The fraction of sp³-hybridized carbons (Fsp3) is 0.105. The van der Waals surface area contributed by atoms with Crippen LogP contribution < -0.4 is 0 Å². The first kappa shape index (κ1) is 15.6. The largest absolute Gasteiger partial charge is 0.449 e. The molecular formula is C19H13ClN2O3. The number of nitrogens with zero attached hydrogens (tertiary/aromatic N) is 2. The lowest BCUT2D eigenvalue weighted by Gasteiger charge is -1.96. The van der Waals surface area contributed by atoms with E-state index in [4.69, 9.17) is 20.5 Å². The number of halogens is 1. The third kappa shape index (κ3) is 2.72. The van der Waals surface area contributed by atoms with Crippen LogP contribution in [-0.2, 0) is 0 Å². The Labute approximate surface area is 148 Å². The van der Waals surface area contributed by atoms with Crippen molar-refractivity contribution in [1.29, 1.82) is 0 Å². The second-order valence-corrected chi connectivity index (χ2v) is 6.18. The van der Waals surface area contributed by atoms with Crippen LogP contribution in [0.1, 0.15) is 22.8 Å². The van der Waals surface area contributed by atoms with Gasteiger partial charge in [-0.1, -0.05) is 47.1 Å². The van der Waals surface area contributed by atoms with Crippen LogP contribution in [0.3, 0.4) is 0 Å². The summed E-state index contributed by atoms with van der Waals surface area (Å²) in [6.45, 7) is 3.50. The molecule has 4 aromatic rings. The lowest BCUT2D eigenvalue weighted by Crippen LogP contribution is -1.91. The first-order valence-corrected chi connectivity index (χ1v) is 8.05. The van der Waals surface area contributed by atoms with Crippen LogP contribution in [-0.4, -0.2) is 15.9 Å². The molecule has 2 aromatic carbocycles. The summed E-state index contributed by atoms with van der Waals surface area (Å²) in [7, 11) is 0. The summed E-state index contributed by atoms with van der Waals surface area (Å²) in [6, 6.07) is 12.6. The summed E-state index contributed by atoms with van der Waals surface area (Å²) < 4.78 is 11.1. The van der Waals surface area contributed by atoms with Crippen molar-refractivity contribution in [3.05, 3.63) is 58.6 Å². The predicted molar refractivity (Wildman–Crippen MR) is 94.7 cm³/mol. The van der Waals surface area contributed by atoms with Gasteiger partial charge in [-0.2, -0.15) is 4.98 Å². The molecule has 25 heavy (non-hydrogen) atoms. The Morgan fingerprint density at radius 1 is 1.12 bits per heavy atom. The molecule has 4 rings (SSSR count). The van der Waals surface area contributed by atoms with Gasteiger partial charge in [-0.15, -0.1) is 0 Å². The number of hydrogen-bond donors (Lipinski definition) is 0. The van der Waals surface area contributed by atoms with Gasteiger partial charge in [-0.3, -0.25) is 4.79 Å². The Kier molecular flexibility index (Phi) is 3.66. The van der Waals surface area contributed by atoms with Crippen LogP contribution in [0.2, 0.25) is 5.02 Å². The monoisotopic (exact) mass is 352 g/mol. The standard InChI is InChI=1S/C19H13ClN2O3/c1-10-3-8-15(20)17-14(10)9-16(24-17)19-21-18(22-25-19)13-6-4-12(5-7-13)11(2)23/h3-9H,1-2H3. The number of benzene rings is 2. The highest BCUT2D eigenvalue weighted by molar-refractivity contribution is 6.35. The molecule has 124 valence electrons. The number of fused-ring (bicyclic) bond motifs is 1. The average Bonchev–Trinajstić information content (AvgIpc) is 3.26. The molecule has 0 fully saturated rings. The number of ketones is 1. The highest BCUT2D eigenvalue weighted by Gasteiger charge is 2.17. The fourth-order valence-electron chi connectivity index (χ4n) is 2.63. The second kappa shape index (κ2) is 5.86. The van der Waals surface area contributed by atoms with E-state index in [1.807, 2.05) is 19.1 Å². The topological polar surface area (TPSA) is 69.1 Å². The molecule has 0 N–H and O–H groups in total. The molecule has 6 heteroatoms. The first-order valence-electron chi connectivity index (χ1n) is 7.67. The van der Waals surface area contributed by atoms with Crippen molar-refractivity contribution in [3.63, 3.8) is 0 Å². The number of Topliss-reactive ketones (excluding diaryl/α,β-unsaturated/α-hetero) is 1. The Morgan fingerprint density at radius 3 is 2.56 bits per heavy atom. The number of carbonyl (C=O) groups is 1. The van der Waals surface area contributed by atoms with Crippen molar-refractivity contribution in [3.8, 4) is 23.0 Å². The molecule has 0 aliphatic rings. The molecular weight excluding hydrogens is 340 g/mol. The van der Waals surface area contributed by atoms with Gasteiger partial charge >= 0.3 is 0 Å². The van der Waals surface area contributed by atoms with Crippen molar-refractivity contribution in [2.24, 2.45) is 0 Å². The molecule has 0 saturated heterocycles. The Balaban J connectivity index is 1.73. The van der Waals surface area contributed by atoms with Crippen molar-refractivity contribution in [2.75, 3.05) is 0 Å². The van der Waals surface area contributed by atoms with E-state index in [0.717, 1.165) is 16.5 Å². The summed E-state index contributed by atoms with van der Waals surface area (Å²) >= 11 is 6.18. The summed E-state index contributed by atoms with van der Waals surface area (Å²) in [5.74, 6) is 1.17. The van der Waals surface area contributed by atoms with Crippen molar-refractivity contribution >= 4 is 28.4 Å². The zero-order chi connectivity index (χ0) is 17.6. The SMILES string of the molecule is CC(=O)c1ccc(-c2noc(-c3cc4c(C)ccc(Cl)c4o3)n2)cc1. The van der Waals surface area contributed by atoms with Gasteiger partial charge in [0, 0.05) is 16.5 Å². The molecule has 0 atom stereocenters. The molecule has 2 aromatic heterocycles. The fourth-order valence-corrected chi connectivity index (χ4v) is 2.83. The maximum absolute atomic E-state index is 11.3. The van der Waals surface area contributed by atoms with Crippen LogP contribution >= 0.6 is 11.6 Å². The van der Waals surface area contributed by atoms with Gasteiger partial charge in [0.2, 0.25) is 5.82 Å². The number of rotatable bonds is 3. The van der Waals surface area contributed by atoms with Crippen molar-refractivity contribution < 1.29 is 13.7 Å². The molecule has 0 amide bonds. The van der Waals surface area contributed by atoms with Crippen LogP contribution in [0.15, 0.2) is 51.4 Å². The van der Waals surface area contributed by atoms with E-state index in [0.29, 0.717) is 27.8 Å². The van der Waals surface area contributed by atoms with Crippen molar-refractivity contribution in [2.45, 2.75) is 13.8 Å². The van der Waals surface area contributed by atoms with E-state index in [1.54, 1.807) is 30.3 Å². The lowest BCUT2D eigenvalue weighted by molar-refractivity contribution is 0.101. The Hall–Kier alpha value is -2.92. The Bertz CT molecular complexity index is 1050. The van der Waals surface area contributed by atoms with Gasteiger partial charge in [-0.25, -0.2) is 0 Å². The van der Waals surface area contributed by atoms with E-state index in [2.05, 4.69) is 10.1 Å². The molecule has 0 bridgehead atoms. The zero-order valence-electron chi connectivity index (χ0n) is 13.5. The van der Waals surface area contributed by atoms with Crippen LogP contribution in [0.4, 0.5) is 0 Å². The molecule has 0 radical (unpaired) electrons. The minimum absolute atomic E-state index is 0.00914. The van der Waals surface area contributed by atoms with Gasteiger partial charge in [0.15, 0.2) is 17.1 Å². The number of aryl methyl sites for hydroxylation is 1. The summed E-state index contributed by atoms with van der Waals surface area (Å²) in [5, 5.41) is 5.43. The van der Waals surface area contributed by atoms with Gasteiger partial charge < -0.3 is 8.94 Å². The van der Waals surface area contributed by atoms with Crippen molar-refractivity contribution in [1.82, 2.24) is 10.1 Å². The third-order valence-electron chi connectivity index (χ3n) is 4.04. The maximum Gasteiger partial charge on any atom is 0.293 e. The Morgan fingerprint density at radius 2 is 1.88 bits per heavy atom. The molecule has 0 aliphatic carbocycles. The summed E-state index contributed by atoms with van der Waals surface area (Å²) in [4.78, 5) is 15.7. The van der Waals surface area contributed by atoms with Gasteiger partial charge in [0.05, 0.1) is 5.02 Å². The summed E-state index contributed by atoms with van der Waals surface area (Å²) in [6.07, 6.45) is 0. The van der Waals surface area contributed by atoms with E-state index in [9.17, 15) is 4.79 Å². The van der Waals surface area contributed by atoms with Crippen LogP contribution in [0, 0.1) is 6.92 Å². The van der Waals surface area contributed by atoms with Crippen LogP contribution in [0.5, 0.6) is 0 Å². The highest BCUT2D eigenvalue weighted by Crippen LogP contribution is 2.34. The molecule has 5 nitrogen and oxygen atoms in total. The maximum atomic E-state index is 11.3. The summed E-state index contributed by atoms with van der Waals surface area (Å²) in [5.41, 5.74) is 3.04. The predicted octanol–water partition coefficient (Wildman–Crippen LogP) is 5.31. The van der Waals surface area contributed by atoms with E-state index in [-0.39, 0.29) is 11.7 Å². The van der Waals surface area contributed by atoms with E-state index >= 15 is 0 Å². The molecule has 2 heterocycles. The highest BCUT2D eigenvalue weighted by atomic mass is 35.5. The molecule has 0 unspecified atom stereocenters. The minimum atomic E-state index is 0.00914. The molecule has 0 aliphatic heterocycles. The zero-order valence-corrected chi connectivity index (χ0v) is 14.3. The number of hydrogen-bond acceptors (Lipinski definition) is 5. The molecule has 0 spiro atoms. The van der Waals surface area contributed by atoms with Gasteiger partial charge in [-0.05, 0) is 31.5 Å². The van der Waals surface area contributed by atoms with E-state index in [1.165, 1.54) is 6.92 Å². The second-order valence-electron chi connectivity index (χ2n) is 5.77. The van der Waals surface area contributed by atoms with Gasteiger partial charge in [0.1, 0.15) is 0 Å². The lowest BCUT2D eigenvalue weighted by atomic mass is 10.1. The normalized spacial score (nSPS) is 11.2. The quantitative estimate of drug-likeness (QED) is 0.467. The minimum Gasteiger partial charge on any atom is -0.449 e. The number of furan rings is 1. The number of aromatic nitrogens is 2. The average molecular weight is 353 g/mol. The number of carbonyl (C=O) groups excluding carboxylic acids is 1. The molecule has 0 saturated carbocycles. The van der Waals surface area contributed by atoms with Crippen LogP contribution in [0.25, 0.3) is 34.0 Å². The smallest absolute Gasteiger partial charge is 0.293 e. The van der Waals surface area contributed by atoms with Gasteiger partial charge in [0.25, 0.3) is 5.89 Å².